The van der Waals surface area contributed by atoms with Crippen LogP contribution in [0.1, 0.15) is 33.1 Å². The highest BCUT2D eigenvalue weighted by atomic mass is 19.1. The van der Waals surface area contributed by atoms with Crippen LogP contribution < -0.4 is 5.32 Å². The van der Waals surface area contributed by atoms with E-state index in [1.807, 2.05) is 42.5 Å². The summed E-state index contributed by atoms with van der Waals surface area (Å²) in [6, 6.07) is 22.0. The van der Waals surface area contributed by atoms with E-state index < -0.39 is 18.1 Å². The molecule has 1 heterocycles. The van der Waals surface area contributed by atoms with Crippen molar-refractivity contribution in [3.8, 4) is 0 Å². The SMILES string of the molecule is O=C1OC(C(=O)NC(c2ccccc2)c2ccc(F)cc2)Cc2ccccc21. The largest absolute Gasteiger partial charge is 0.448 e. The number of cyclic esters (lactones) is 1. The molecule has 1 amide bonds. The maximum atomic E-state index is 13.3. The van der Waals surface area contributed by atoms with Crippen molar-refractivity contribution in [1.29, 1.82) is 0 Å². The van der Waals surface area contributed by atoms with Gasteiger partial charge in [0, 0.05) is 6.42 Å². The summed E-state index contributed by atoms with van der Waals surface area (Å²) in [4.78, 5) is 25.1. The van der Waals surface area contributed by atoms with Crippen molar-refractivity contribution < 1.29 is 18.7 Å². The molecule has 0 spiro atoms. The number of nitrogens with one attached hydrogen (secondary N) is 1. The van der Waals surface area contributed by atoms with Gasteiger partial charge in [0.05, 0.1) is 11.6 Å². The standard InChI is InChI=1S/C23H18FNO3/c24-18-12-10-16(11-13-18)21(15-6-2-1-3-7-15)25-22(26)20-14-17-8-4-5-9-19(17)23(27)28-20/h1-13,20-21H,14H2,(H,25,26). The summed E-state index contributed by atoms with van der Waals surface area (Å²) in [5.74, 6) is -1.24. The van der Waals surface area contributed by atoms with E-state index in [0.717, 1.165) is 16.7 Å². The number of ether oxygens (including phenoxy) is 1. The van der Waals surface area contributed by atoms with E-state index >= 15 is 0 Å². The minimum atomic E-state index is -0.908. The van der Waals surface area contributed by atoms with E-state index in [0.29, 0.717) is 12.0 Å². The van der Waals surface area contributed by atoms with Crippen LogP contribution in [-0.4, -0.2) is 18.0 Å². The molecule has 4 rings (SSSR count). The second kappa shape index (κ2) is 7.64. The lowest BCUT2D eigenvalue weighted by Gasteiger charge is -2.27. The molecule has 1 aliphatic rings. The molecule has 1 N–H and O–H groups in total. The molecule has 28 heavy (non-hydrogen) atoms. The monoisotopic (exact) mass is 375 g/mol. The number of amides is 1. The van der Waals surface area contributed by atoms with E-state index in [1.54, 1.807) is 24.3 Å². The molecular weight excluding hydrogens is 357 g/mol. The Morgan fingerprint density at radius 2 is 1.57 bits per heavy atom. The topological polar surface area (TPSA) is 55.4 Å². The highest BCUT2D eigenvalue weighted by molar-refractivity contribution is 5.95. The van der Waals surface area contributed by atoms with Gasteiger partial charge in [0.2, 0.25) is 0 Å². The van der Waals surface area contributed by atoms with Gasteiger partial charge < -0.3 is 10.1 Å². The van der Waals surface area contributed by atoms with Crippen LogP contribution >= 0.6 is 0 Å². The summed E-state index contributed by atoms with van der Waals surface area (Å²) in [7, 11) is 0. The Hall–Kier alpha value is -3.47. The highest BCUT2D eigenvalue weighted by Gasteiger charge is 2.32. The zero-order valence-corrected chi connectivity index (χ0v) is 15.0. The third-order valence-electron chi connectivity index (χ3n) is 4.81. The molecule has 0 radical (unpaired) electrons. The third kappa shape index (κ3) is 3.64. The summed E-state index contributed by atoms with van der Waals surface area (Å²) in [6.07, 6.45) is -0.590. The molecule has 0 aliphatic carbocycles. The fraction of sp³-hybridized carbons (Fsp3) is 0.130. The van der Waals surface area contributed by atoms with E-state index in [9.17, 15) is 14.0 Å². The van der Waals surface area contributed by atoms with Crippen LogP contribution in [0.5, 0.6) is 0 Å². The van der Waals surface area contributed by atoms with Gasteiger partial charge in [-0.05, 0) is 34.9 Å². The van der Waals surface area contributed by atoms with Crippen LogP contribution in [0, 0.1) is 5.82 Å². The first-order valence-corrected chi connectivity index (χ1v) is 9.01. The molecule has 0 aromatic heterocycles. The Labute approximate surface area is 162 Å². The minimum Gasteiger partial charge on any atom is -0.448 e. The molecule has 0 saturated carbocycles. The molecule has 0 saturated heterocycles. The van der Waals surface area contributed by atoms with E-state index in [-0.39, 0.29) is 11.7 Å². The Morgan fingerprint density at radius 3 is 2.32 bits per heavy atom. The number of fused-ring (bicyclic) bond motifs is 1. The van der Waals surface area contributed by atoms with Crippen LogP contribution in [0.15, 0.2) is 78.9 Å². The molecule has 0 bridgehead atoms. The van der Waals surface area contributed by atoms with Crippen molar-refractivity contribution in [3.05, 3.63) is 107 Å². The third-order valence-corrected chi connectivity index (χ3v) is 4.81. The second-order valence-electron chi connectivity index (χ2n) is 6.66. The fourth-order valence-corrected chi connectivity index (χ4v) is 3.37. The van der Waals surface area contributed by atoms with E-state index in [2.05, 4.69) is 5.32 Å². The number of hydrogen-bond donors (Lipinski definition) is 1. The van der Waals surface area contributed by atoms with Crippen molar-refractivity contribution >= 4 is 11.9 Å². The molecule has 1 aliphatic heterocycles. The van der Waals surface area contributed by atoms with Crippen LogP contribution in [0.25, 0.3) is 0 Å². The highest BCUT2D eigenvalue weighted by Crippen LogP contribution is 2.25. The predicted molar refractivity (Wildman–Crippen MR) is 102 cm³/mol. The number of hydrogen-bond acceptors (Lipinski definition) is 3. The van der Waals surface area contributed by atoms with Gasteiger partial charge in [0.1, 0.15) is 5.82 Å². The maximum Gasteiger partial charge on any atom is 0.339 e. The van der Waals surface area contributed by atoms with Crippen molar-refractivity contribution in [2.24, 2.45) is 0 Å². The zero-order chi connectivity index (χ0) is 19.5. The molecule has 3 aromatic carbocycles. The number of carbonyl (C=O) groups excluding carboxylic acids is 2. The number of esters is 1. The lowest BCUT2D eigenvalue weighted by Crippen LogP contribution is -2.43. The van der Waals surface area contributed by atoms with Crippen LogP contribution in [0.4, 0.5) is 4.39 Å². The zero-order valence-electron chi connectivity index (χ0n) is 15.0. The van der Waals surface area contributed by atoms with Gasteiger partial charge in [-0.25, -0.2) is 9.18 Å². The number of carbonyl (C=O) groups is 2. The average molecular weight is 375 g/mol. The molecular formula is C23H18FNO3. The number of benzene rings is 3. The first-order chi connectivity index (χ1) is 13.6. The van der Waals surface area contributed by atoms with Gasteiger partial charge in [-0.15, -0.1) is 0 Å². The quantitative estimate of drug-likeness (QED) is 0.706. The average Bonchev–Trinajstić information content (AvgIpc) is 2.73. The normalized spacial score (nSPS) is 16.6. The van der Waals surface area contributed by atoms with Gasteiger partial charge in [0.25, 0.3) is 5.91 Å². The van der Waals surface area contributed by atoms with E-state index in [4.69, 9.17) is 4.74 Å². The van der Waals surface area contributed by atoms with Crippen molar-refractivity contribution in [2.45, 2.75) is 18.6 Å². The summed E-state index contributed by atoms with van der Waals surface area (Å²) in [5.41, 5.74) is 2.87. The molecule has 0 fully saturated rings. The van der Waals surface area contributed by atoms with Crippen LogP contribution in [-0.2, 0) is 16.0 Å². The summed E-state index contributed by atoms with van der Waals surface area (Å²) in [5, 5.41) is 2.95. The Morgan fingerprint density at radius 1 is 0.929 bits per heavy atom. The van der Waals surface area contributed by atoms with Gasteiger partial charge >= 0.3 is 5.97 Å². The van der Waals surface area contributed by atoms with Gasteiger partial charge in [-0.1, -0.05) is 60.7 Å². The van der Waals surface area contributed by atoms with Crippen molar-refractivity contribution in [2.75, 3.05) is 0 Å². The predicted octanol–water partition coefficient (Wildman–Crippen LogP) is 3.81. The molecule has 3 aromatic rings. The van der Waals surface area contributed by atoms with Gasteiger partial charge in [-0.2, -0.15) is 0 Å². The molecule has 4 nitrogen and oxygen atoms in total. The molecule has 2 atom stereocenters. The summed E-state index contributed by atoms with van der Waals surface area (Å²) >= 11 is 0. The first-order valence-electron chi connectivity index (χ1n) is 9.01. The van der Waals surface area contributed by atoms with E-state index in [1.165, 1.54) is 12.1 Å². The van der Waals surface area contributed by atoms with Gasteiger partial charge in [-0.3, -0.25) is 4.79 Å². The lowest BCUT2D eigenvalue weighted by atomic mass is 9.96. The second-order valence-corrected chi connectivity index (χ2v) is 6.66. The molecule has 2 unspecified atom stereocenters. The van der Waals surface area contributed by atoms with Gasteiger partial charge in [0.15, 0.2) is 6.10 Å². The summed E-state index contributed by atoms with van der Waals surface area (Å²) in [6.45, 7) is 0. The Balaban J connectivity index is 1.60. The smallest absolute Gasteiger partial charge is 0.339 e. The van der Waals surface area contributed by atoms with Crippen LogP contribution in [0.3, 0.4) is 0 Å². The Kier molecular flexibility index (Phi) is 4.89. The number of rotatable bonds is 4. The summed E-state index contributed by atoms with van der Waals surface area (Å²) < 4.78 is 18.7. The van der Waals surface area contributed by atoms with Crippen molar-refractivity contribution in [3.63, 3.8) is 0 Å². The number of halogens is 1. The van der Waals surface area contributed by atoms with Crippen molar-refractivity contribution in [1.82, 2.24) is 5.32 Å². The minimum absolute atomic E-state index is 0.318. The van der Waals surface area contributed by atoms with Crippen LogP contribution in [0.2, 0.25) is 0 Å². The maximum absolute atomic E-state index is 13.3. The molecule has 5 heteroatoms. The molecule has 140 valence electrons. The lowest BCUT2D eigenvalue weighted by molar-refractivity contribution is -0.130. The first kappa shape index (κ1) is 17.9. The fourth-order valence-electron chi connectivity index (χ4n) is 3.37. The Bertz CT molecular complexity index is 1000.